The predicted octanol–water partition coefficient (Wildman–Crippen LogP) is 3.63. The van der Waals surface area contributed by atoms with Gasteiger partial charge in [-0.2, -0.15) is 0 Å². The molecule has 2 atom stereocenters. The smallest absolute Gasteiger partial charge is 0.0954 e. The summed E-state index contributed by atoms with van der Waals surface area (Å²) in [5, 5.41) is 1.17. The van der Waals surface area contributed by atoms with Crippen LogP contribution in [0.3, 0.4) is 0 Å². The molecular formula is C13H14ClNOS. The predicted molar refractivity (Wildman–Crippen MR) is 71.9 cm³/mol. The van der Waals surface area contributed by atoms with Crippen molar-refractivity contribution in [2.24, 2.45) is 0 Å². The van der Waals surface area contributed by atoms with E-state index in [1.807, 2.05) is 18.2 Å². The van der Waals surface area contributed by atoms with E-state index in [9.17, 15) is 0 Å². The fraction of sp³-hybridized carbons (Fsp3) is 0.462. The summed E-state index contributed by atoms with van der Waals surface area (Å²) in [5.41, 5.74) is 1.07. The first-order chi connectivity index (χ1) is 8.33. The summed E-state index contributed by atoms with van der Waals surface area (Å²) in [4.78, 5) is 4.60. The molecule has 0 saturated carbocycles. The minimum atomic E-state index is 0.0538. The van der Waals surface area contributed by atoms with Gasteiger partial charge in [0.25, 0.3) is 0 Å². The molecular weight excluding hydrogens is 254 g/mol. The lowest BCUT2D eigenvalue weighted by Gasteiger charge is -2.14. The van der Waals surface area contributed by atoms with Crippen molar-refractivity contribution >= 4 is 33.2 Å². The van der Waals surface area contributed by atoms with E-state index < -0.39 is 0 Å². The maximum absolute atomic E-state index is 6.39. The summed E-state index contributed by atoms with van der Waals surface area (Å²) in [5.74, 6) is 0. The Balaban J connectivity index is 1.75. The molecule has 1 fully saturated rings. The fourth-order valence-electron chi connectivity index (χ4n) is 2.19. The normalized spacial score (nSPS) is 22.1. The number of benzene rings is 1. The quantitative estimate of drug-likeness (QED) is 0.793. The maximum Gasteiger partial charge on any atom is 0.0954 e. The Hall–Kier alpha value is -0.640. The highest BCUT2D eigenvalue weighted by atomic mass is 35.5. The summed E-state index contributed by atoms with van der Waals surface area (Å²) in [6.07, 6.45) is 3.24. The number of hydrogen-bond donors (Lipinski definition) is 0. The molecule has 0 spiro atoms. The molecule has 1 aliphatic rings. The van der Waals surface area contributed by atoms with Gasteiger partial charge in [-0.1, -0.05) is 12.1 Å². The van der Waals surface area contributed by atoms with E-state index in [-0.39, 0.29) is 11.5 Å². The van der Waals surface area contributed by atoms with E-state index in [4.69, 9.17) is 16.3 Å². The molecule has 2 nitrogen and oxygen atoms in total. The lowest BCUT2D eigenvalue weighted by molar-refractivity contribution is 0.107. The number of para-hydroxylation sites is 1. The summed E-state index contributed by atoms with van der Waals surface area (Å²) in [6.45, 7) is 0.855. The minimum absolute atomic E-state index is 0.0538. The molecule has 4 heteroatoms. The fourth-order valence-corrected chi connectivity index (χ4v) is 3.66. The van der Waals surface area contributed by atoms with Crippen molar-refractivity contribution in [1.29, 1.82) is 0 Å². The van der Waals surface area contributed by atoms with Crippen LogP contribution in [0.25, 0.3) is 10.2 Å². The first kappa shape index (κ1) is 11.5. The van der Waals surface area contributed by atoms with E-state index in [1.165, 1.54) is 4.70 Å². The van der Waals surface area contributed by atoms with Crippen molar-refractivity contribution in [1.82, 2.24) is 4.98 Å². The van der Waals surface area contributed by atoms with Crippen LogP contribution in [0.1, 0.15) is 17.8 Å². The molecule has 1 saturated heterocycles. The van der Waals surface area contributed by atoms with Crippen LogP contribution in [0.5, 0.6) is 0 Å². The monoisotopic (exact) mass is 267 g/mol. The van der Waals surface area contributed by atoms with Gasteiger partial charge in [-0.25, -0.2) is 4.98 Å². The second-order valence-electron chi connectivity index (χ2n) is 4.35. The molecule has 2 unspecified atom stereocenters. The SMILES string of the molecule is ClC(Cc1nc2ccccc2s1)C1CCCO1. The zero-order chi connectivity index (χ0) is 11.7. The molecule has 1 aromatic carbocycles. The van der Waals surface area contributed by atoms with Gasteiger partial charge in [0.15, 0.2) is 0 Å². The number of alkyl halides is 1. The largest absolute Gasteiger partial charge is 0.377 e. The Kier molecular flexibility index (Phi) is 3.32. The average Bonchev–Trinajstić information content (AvgIpc) is 2.97. The van der Waals surface area contributed by atoms with Crippen molar-refractivity contribution in [3.05, 3.63) is 29.3 Å². The van der Waals surface area contributed by atoms with Crippen molar-refractivity contribution in [2.75, 3.05) is 6.61 Å². The highest BCUT2D eigenvalue weighted by Gasteiger charge is 2.25. The van der Waals surface area contributed by atoms with Crippen LogP contribution in [0.15, 0.2) is 24.3 Å². The zero-order valence-corrected chi connectivity index (χ0v) is 11.0. The Morgan fingerprint density at radius 3 is 3.12 bits per heavy atom. The number of ether oxygens (including phenoxy) is 1. The number of hydrogen-bond acceptors (Lipinski definition) is 3. The summed E-state index contributed by atoms with van der Waals surface area (Å²) < 4.78 is 6.84. The molecule has 0 N–H and O–H groups in total. The van der Waals surface area contributed by atoms with Gasteiger partial charge in [0.2, 0.25) is 0 Å². The highest BCUT2D eigenvalue weighted by molar-refractivity contribution is 7.18. The molecule has 2 heterocycles. The molecule has 0 amide bonds. The first-order valence-electron chi connectivity index (χ1n) is 5.93. The number of rotatable bonds is 3. The van der Waals surface area contributed by atoms with Crippen LogP contribution in [0.4, 0.5) is 0 Å². The lowest BCUT2D eigenvalue weighted by Crippen LogP contribution is -2.21. The van der Waals surface area contributed by atoms with E-state index in [2.05, 4.69) is 11.1 Å². The van der Waals surface area contributed by atoms with Gasteiger partial charge in [-0.15, -0.1) is 22.9 Å². The molecule has 90 valence electrons. The summed E-state index contributed by atoms with van der Waals surface area (Å²) >= 11 is 8.12. The molecule has 0 radical (unpaired) electrons. The van der Waals surface area contributed by atoms with Crippen LogP contribution < -0.4 is 0 Å². The van der Waals surface area contributed by atoms with Crippen LogP contribution in [-0.4, -0.2) is 23.1 Å². The molecule has 0 aliphatic carbocycles. The number of halogens is 1. The Labute approximate surface area is 110 Å². The second kappa shape index (κ2) is 4.92. The Morgan fingerprint density at radius 2 is 2.35 bits per heavy atom. The molecule has 17 heavy (non-hydrogen) atoms. The van der Waals surface area contributed by atoms with Gasteiger partial charge in [-0.3, -0.25) is 0 Å². The Morgan fingerprint density at radius 1 is 1.47 bits per heavy atom. The third-order valence-electron chi connectivity index (χ3n) is 3.08. The first-order valence-corrected chi connectivity index (χ1v) is 7.18. The van der Waals surface area contributed by atoms with Crippen LogP contribution in [0.2, 0.25) is 0 Å². The van der Waals surface area contributed by atoms with Crippen LogP contribution in [0, 0.1) is 0 Å². The van der Waals surface area contributed by atoms with Gasteiger partial charge < -0.3 is 4.74 Å². The van der Waals surface area contributed by atoms with Crippen molar-refractivity contribution in [3.8, 4) is 0 Å². The molecule has 0 bridgehead atoms. The van der Waals surface area contributed by atoms with E-state index >= 15 is 0 Å². The van der Waals surface area contributed by atoms with Gasteiger partial charge in [0.1, 0.15) is 0 Å². The topological polar surface area (TPSA) is 22.1 Å². The Bertz CT molecular complexity index is 474. The number of aromatic nitrogens is 1. The van der Waals surface area contributed by atoms with Crippen LogP contribution in [-0.2, 0) is 11.2 Å². The number of nitrogens with zero attached hydrogens (tertiary/aromatic N) is 1. The molecule has 1 aliphatic heterocycles. The summed E-state index contributed by atoms with van der Waals surface area (Å²) in [6, 6.07) is 8.21. The third-order valence-corrected chi connectivity index (χ3v) is 4.57. The van der Waals surface area contributed by atoms with Gasteiger partial charge in [0, 0.05) is 13.0 Å². The maximum atomic E-state index is 6.39. The second-order valence-corrected chi connectivity index (χ2v) is 6.02. The van der Waals surface area contributed by atoms with Crippen molar-refractivity contribution in [2.45, 2.75) is 30.7 Å². The summed E-state index contributed by atoms with van der Waals surface area (Å²) in [7, 11) is 0. The van der Waals surface area contributed by atoms with E-state index in [0.717, 1.165) is 36.4 Å². The molecule has 1 aromatic heterocycles. The minimum Gasteiger partial charge on any atom is -0.377 e. The number of fused-ring (bicyclic) bond motifs is 1. The van der Waals surface area contributed by atoms with Gasteiger partial charge >= 0.3 is 0 Å². The number of thiazole rings is 1. The van der Waals surface area contributed by atoms with Crippen molar-refractivity contribution < 1.29 is 4.74 Å². The molecule has 3 rings (SSSR count). The highest BCUT2D eigenvalue weighted by Crippen LogP contribution is 2.27. The average molecular weight is 268 g/mol. The van der Waals surface area contributed by atoms with Gasteiger partial charge in [-0.05, 0) is 25.0 Å². The lowest BCUT2D eigenvalue weighted by atomic mass is 10.1. The molecule has 2 aromatic rings. The standard InChI is InChI=1S/C13H14ClNOS/c14-9(11-5-3-7-16-11)8-13-15-10-4-1-2-6-12(10)17-13/h1-2,4,6,9,11H,3,5,7-8H2. The van der Waals surface area contributed by atoms with Crippen LogP contribution >= 0.6 is 22.9 Å². The van der Waals surface area contributed by atoms with Crippen molar-refractivity contribution in [3.63, 3.8) is 0 Å². The van der Waals surface area contributed by atoms with E-state index in [1.54, 1.807) is 11.3 Å². The van der Waals surface area contributed by atoms with Gasteiger partial charge in [0.05, 0.1) is 26.7 Å². The third kappa shape index (κ3) is 2.46. The van der Waals surface area contributed by atoms with E-state index in [0.29, 0.717) is 0 Å². The zero-order valence-electron chi connectivity index (χ0n) is 9.43.